The molecule has 0 atom stereocenters. The number of carboxylic acid groups (broad SMARTS) is 1. The van der Waals surface area contributed by atoms with Gasteiger partial charge in [-0.1, -0.05) is 44.6 Å². The van der Waals surface area contributed by atoms with Crippen molar-refractivity contribution < 1.29 is 19.7 Å². The van der Waals surface area contributed by atoms with Crippen LogP contribution in [0.4, 0.5) is 0 Å². The fraction of sp³-hybridized carbons (Fsp3) is 0.765. The first-order valence-electron chi connectivity index (χ1n) is 8.64. The number of nitrogens with one attached hydrogen (secondary N) is 1. The van der Waals surface area contributed by atoms with Crippen LogP contribution in [0.1, 0.15) is 71.6 Å². The Morgan fingerprint density at radius 3 is 2.30 bits per heavy atom. The monoisotopic (exact) mass is 344 g/mol. The van der Waals surface area contributed by atoms with Crippen molar-refractivity contribution in [1.29, 1.82) is 5.41 Å². The van der Waals surface area contributed by atoms with Crippen molar-refractivity contribution >= 4 is 19.1 Å². The van der Waals surface area contributed by atoms with E-state index >= 15 is 0 Å². The number of carboxylic acids is 1. The molecule has 6 heteroatoms. The minimum absolute atomic E-state index is 0.0823. The second-order valence-electron chi connectivity index (χ2n) is 6.59. The summed E-state index contributed by atoms with van der Waals surface area (Å²) in [6.45, 7) is 3.85. The Labute approximate surface area is 139 Å². The van der Waals surface area contributed by atoms with Crippen LogP contribution in [0.5, 0.6) is 0 Å². The molecule has 0 aromatic rings. The summed E-state index contributed by atoms with van der Waals surface area (Å²) in [5.41, 5.74) is 0.794. The van der Waals surface area contributed by atoms with Crippen molar-refractivity contribution in [2.75, 3.05) is 6.16 Å². The third-order valence-electron chi connectivity index (χ3n) is 4.78. The van der Waals surface area contributed by atoms with Crippen LogP contribution in [0.2, 0.25) is 0 Å². The van der Waals surface area contributed by atoms with Gasteiger partial charge in [0.1, 0.15) is 0 Å². The molecule has 1 aliphatic carbocycles. The molecule has 0 amide bonds. The number of hydrogen-bond acceptors (Lipinski definition) is 4. The molecule has 0 aromatic carbocycles. The predicted molar refractivity (Wildman–Crippen MR) is 95.0 cm³/mol. The quantitative estimate of drug-likeness (QED) is 0.216. The van der Waals surface area contributed by atoms with E-state index in [1.54, 1.807) is 6.92 Å². The van der Waals surface area contributed by atoms with Crippen LogP contribution in [0, 0.1) is 11.3 Å². The molecule has 1 aliphatic rings. The normalized spacial score (nSPS) is 17.7. The molecular weight excluding hydrogens is 313 g/mol. The van der Waals surface area contributed by atoms with Crippen LogP contribution in [0.25, 0.3) is 0 Å². The molecule has 0 bridgehead atoms. The van der Waals surface area contributed by atoms with Gasteiger partial charge in [-0.15, -0.1) is 0 Å². The van der Waals surface area contributed by atoms with E-state index in [0.29, 0.717) is 6.42 Å². The molecule has 1 rings (SSSR count). The maximum absolute atomic E-state index is 11.6. The summed E-state index contributed by atoms with van der Waals surface area (Å²) in [6, 6.07) is 0. The number of unbranched alkanes of at least 4 members (excludes halogenated alkanes) is 2. The van der Waals surface area contributed by atoms with Gasteiger partial charge in [0.15, 0.2) is 6.16 Å². The third kappa shape index (κ3) is 6.33. The van der Waals surface area contributed by atoms with Gasteiger partial charge in [0.2, 0.25) is 5.45 Å². The summed E-state index contributed by atoms with van der Waals surface area (Å²) >= 11 is 0. The van der Waals surface area contributed by atoms with E-state index < -0.39 is 13.7 Å². The van der Waals surface area contributed by atoms with Gasteiger partial charge in [0, 0.05) is 6.42 Å². The second-order valence-corrected chi connectivity index (χ2v) is 8.91. The molecule has 4 N–H and O–H groups in total. The summed E-state index contributed by atoms with van der Waals surface area (Å²) in [4.78, 5) is 32.2. The summed E-state index contributed by atoms with van der Waals surface area (Å²) in [6.07, 6.45) is 8.04. The maximum atomic E-state index is 11.6. The smallest absolute Gasteiger partial charge is 0.335 e. The van der Waals surface area contributed by atoms with Crippen molar-refractivity contribution in [2.24, 2.45) is 5.92 Å². The topological polar surface area (TPSA) is 102 Å². The van der Waals surface area contributed by atoms with Crippen molar-refractivity contribution in [1.82, 2.24) is 0 Å². The zero-order valence-corrected chi connectivity index (χ0v) is 15.2. The molecule has 1 fully saturated rings. The highest BCUT2D eigenvalue weighted by atomic mass is 31.2. The highest BCUT2D eigenvalue weighted by molar-refractivity contribution is 7.81. The Balaban J connectivity index is 2.84. The van der Waals surface area contributed by atoms with Crippen molar-refractivity contribution in [3.63, 3.8) is 0 Å². The van der Waals surface area contributed by atoms with Crippen LogP contribution in [-0.2, 0) is 4.79 Å². The van der Waals surface area contributed by atoms with E-state index in [1.807, 2.05) is 6.92 Å². The zero-order valence-electron chi connectivity index (χ0n) is 14.3. The van der Waals surface area contributed by atoms with Crippen LogP contribution in [0.3, 0.4) is 0 Å². The lowest BCUT2D eigenvalue weighted by Crippen LogP contribution is -2.19. The van der Waals surface area contributed by atoms with Crippen LogP contribution in [0.15, 0.2) is 11.1 Å². The highest BCUT2D eigenvalue weighted by Crippen LogP contribution is 2.54. The average molecular weight is 344 g/mol. The predicted octanol–water partition coefficient (Wildman–Crippen LogP) is 4.36. The van der Waals surface area contributed by atoms with Crippen LogP contribution < -0.4 is 0 Å². The Morgan fingerprint density at radius 2 is 1.78 bits per heavy atom. The maximum Gasteiger partial charge on any atom is 0.335 e. The highest BCUT2D eigenvalue weighted by Gasteiger charge is 2.43. The van der Waals surface area contributed by atoms with Gasteiger partial charge in [-0.3, -0.25) is 5.41 Å². The third-order valence-corrected chi connectivity index (χ3v) is 6.63. The van der Waals surface area contributed by atoms with Crippen LogP contribution in [-0.4, -0.2) is 32.5 Å². The Morgan fingerprint density at radius 1 is 1.17 bits per heavy atom. The van der Waals surface area contributed by atoms with Gasteiger partial charge in [0.25, 0.3) is 0 Å². The number of allylic oxidation sites excluding steroid dienone is 1. The average Bonchev–Trinajstić information content (AvgIpc) is 2.52. The van der Waals surface area contributed by atoms with Gasteiger partial charge in [-0.25, -0.2) is 14.6 Å². The van der Waals surface area contributed by atoms with E-state index in [4.69, 9.17) is 5.41 Å². The lowest BCUT2D eigenvalue weighted by Gasteiger charge is -2.24. The summed E-state index contributed by atoms with van der Waals surface area (Å²) in [7, 11) is -3.64. The molecule has 0 spiro atoms. The van der Waals surface area contributed by atoms with E-state index in [9.17, 15) is 19.7 Å². The Hall–Kier alpha value is -0.770. The van der Waals surface area contributed by atoms with Gasteiger partial charge in [-0.05, 0) is 32.1 Å². The Kier molecular flexibility index (Phi) is 8.38. The molecule has 132 valence electrons. The number of rotatable bonds is 9. The summed E-state index contributed by atoms with van der Waals surface area (Å²) < 4.78 is 0. The molecule has 0 unspecified atom stereocenters. The zero-order chi connectivity index (χ0) is 17.5. The Bertz CT molecular complexity index is 454. The SMILES string of the molecule is CCCCCC(=N)[P+](O)(O)CC(C(=O)O)=C(C)C1CCCCC1. The first-order chi connectivity index (χ1) is 10.8. The fourth-order valence-corrected chi connectivity index (χ4v) is 4.71. The fourth-order valence-electron chi connectivity index (χ4n) is 3.18. The number of aliphatic carboxylic acids is 1. The first-order valence-corrected chi connectivity index (χ1v) is 10.5. The second kappa shape index (κ2) is 9.51. The van der Waals surface area contributed by atoms with Crippen molar-refractivity contribution in [3.05, 3.63) is 11.1 Å². The molecule has 0 heterocycles. The lowest BCUT2D eigenvalue weighted by molar-refractivity contribution is -0.132. The molecule has 0 aliphatic heterocycles. The van der Waals surface area contributed by atoms with E-state index in [0.717, 1.165) is 50.5 Å². The molecule has 1 saturated carbocycles. The molecule has 5 nitrogen and oxygen atoms in total. The van der Waals surface area contributed by atoms with Crippen LogP contribution >= 0.6 is 7.72 Å². The lowest BCUT2D eigenvalue weighted by atomic mass is 9.82. The number of hydrogen-bond donors (Lipinski definition) is 4. The van der Waals surface area contributed by atoms with Gasteiger partial charge in [-0.2, -0.15) is 0 Å². The van der Waals surface area contributed by atoms with Crippen molar-refractivity contribution in [3.8, 4) is 0 Å². The number of carbonyl (C=O) groups is 1. The summed E-state index contributed by atoms with van der Waals surface area (Å²) in [5, 5.41) is 17.4. The molecule has 0 radical (unpaired) electrons. The summed E-state index contributed by atoms with van der Waals surface area (Å²) in [5.74, 6) is -0.856. The minimum atomic E-state index is -3.64. The molecular formula is C17H31NO4P+. The molecule has 0 aromatic heterocycles. The first kappa shape index (κ1) is 20.3. The van der Waals surface area contributed by atoms with Crippen molar-refractivity contribution in [2.45, 2.75) is 71.6 Å². The molecule has 23 heavy (non-hydrogen) atoms. The standard InChI is InChI=1S/C17H30NO4P/c1-3-4-6-11-16(18)23(21,22)12-15(17(19)20)13(2)14-9-7-5-8-10-14/h14,18,21-22H,3-12H2,1-2H3/p+1. The van der Waals surface area contributed by atoms with E-state index in [-0.39, 0.29) is 23.1 Å². The molecule has 0 saturated heterocycles. The largest absolute Gasteiger partial charge is 0.478 e. The van der Waals surface area contributed by atoms with E-state index in [2.05, 4.69) is 0 Å². The minimum Gasteiger partial charge on any atom is -0.478 e. The van der Waals surface area contributed by atoms with Gasteiger partial charge in [0.05, 0.1) is 5.57 Å². The van der Waals surface area contributed by atoms with Gasteiger partial charge < -0.3 is 5.11 Å². The van der Waals surface area contributed by atoms with E-state index in [1.165, 1.54) is 6.42 Å². The van der Waals surface area contributed by atoms with Gasteiger partial charge >= 0.3 is 13.7 Å².